The lowest BCUT2D eigenvalue weighted by atomic mass is 9.98. The topological polar surface area (TPSA) is 69.0 Å². The fourth-order valence-corrected chi connectivity index (χ4v) is 3.48. The predicted molar refractivity (Wildman–Crippen MR) is 88.3 cm³/mol. The summed E-state index contributed by atoms with van der Waals surface area (Å²) in [6.07, 6.45) is 5.91. The third kappa shape index (κ3) is 3.97. The Hall–Kier alpha value is -1.73. The first-order valence-electron chi connectivity index (χ1n) is 8.00. The zero-order chi connectivity index (χ0) is 16.2. The van der Waals surface area contributed by atoms with E-state index in [2.05, 4.69) is 15.4 Å². The van der Waals surface area contributed by atoms with Crippen molar-refractivity contribution in [2.75, 3.05) is 6.61 Å². The van der Waals surface area contributed by atoms with Gasteiger partial charge in [0.2, 0.25) is 5.91 Å². The molecule has 0 saturated carbocycles. The maximum absolute atomic E-state index is 12.3. The number of carbonyl (C=O) groups excluding carboxylic acids is 1. The summed E-state index contributed by atoms with van der Waals surface area (Å²) in [6, 6.07) is -0.00881. The minimum absolute atomic E-state index is 0.00122. The molecule has 2 aromatic rings. The van der Waals surface area contributed by atoms with Crippen LogP contribution in [0.25, 0.3) is 0 Å². The first-order valence-corrected chi connectivity index (χ1v) is 8.88. The first-order chi connectivity index (χ1) is 11.2. The van der Waals surface area contributed by atoms with Gasteiger partial charge in [-0.2, -0.15) is 5.10 Å². The van der Waals surface area contributed by atoms with E-state index in [1.54, 1.807) is 11.3 Å². The van der Waals surface area contributed by atoms with Crippen molar-refractivity contribution in [3.63, 3.8) is 0 Å². The van der Waals surface area contributed by atoms with Gasteiger partial charge in [0, 0.05) is 30.3 Å². The van der Waals surface area contributed by atoms with E-state index < -0.39 is 0 Å². The van der Waals surface area contributed by atoms with Crippen molar-refractivity contribution < 1.29 is 9.53 Å². The lowest BCUT2D eigenvalue weighted by molar-refractivity contribution is -0.123. The number of aromatic nitrogens is 3. The van der Waals surface area contributed by atoms with Crippen molar-refractivity contribution in [3.05, 3.63) is 34.0 Å². The Bertz CT molecular complexity index is 667. The molecule has 0 radical (unpaired) electrons. The highest BCUT2D eigenvalue weighted by Gasteiger charge is 2.29. The third-order valence-electron chi connectivity index (χ3n) is 3.98. The predicted octanol–water partition coefficient (Wildman–Crippen LogP) is 2.25. The van der Waals surface area contributed by atoms with Crippen LogP contribution in [0.5, 0.6) is 0 Å². The summed E-state index contributed by atoms with van der Waals surface area (Å²) in [4.78, 5) is 16.7. The number of hydrogen-bond acceptors (Lipinski definition) is 5. The zero-order valence-corrected chi connectivity index (χ0v) is 14.3. The van der Waals surface area contributed by atoms with E-state index in [-0.39, 0.29) is 18.1 Å². The number of thiazole rings is 1. The largest absolute Gasteiger partial charge is 0.371 e. The molecule has 124 valence electrons. The Labute approximate surface area is 139 Å². The van der Waals surface area contributed by atoms with Gasteiger partial charge in [0.05, 0.1) is 29.4 Å². The van der Waals surface area contributed by atoms with Gasteiger partial charge in [-0.1, -0.05) is 0 Å². The lowest BCUT2D eigenvalue weighted by Gasteiger charge is -2.31. The van der Waals surface area contributed by atoms with Crippen LogP contribution in [0.3, 0.4) is 0 Å². The molecule has 1 aliphatic heterocycles. The fourth-order valence-electron chi connectivity index (χ4n) is 2.87. The van der Waals surface area contributed by atoms with Gasteiger partial charge >= 0.3 is 0 Å². The molecule has 2 aromatic heterocycles. The van der Waals surface area contributed by atoms with Gasteiger partial charge < -0.3 is 10.1 Å². The summed E-state index contributed by atoms with van der Waals surface area (Å²) < 4.78 is 7.79. The van der Waals surface area contributed by atoms with Gasteiger partial charge in [-0.15, -0.1) is 11.3 Å². The number of ether oxygens (including phenoxy) is 1. The second-order valence-electron chi connectivity index (χ2n) is 5.77. The summed E-state index contributed by atoms with van der Waals surface area (Å²) in [5, 5.41) is 10.3. The smallest absolute Gasteiger partial charge is 0.226 e. The molecule has 1 saturated heterocycles. The molecule has 3 rings (SSSR count). The van der Waals surface area contributed by atoms with E-state index in [0.717, 1.165) is 42.3 Å². The van der Waals surface area contributed by atoms with Crippen molar-refractivity contribution in [2.24, 2.45) is 0 Å². The third-order valence-corrected chi connectivity index (χ3v) is 4.81. The summed E-state index contributed by atoms with van der Waals surface area (Å²) >= 11 is 1.57. The van der Waals surface area contributed by atoms with E-state index in [4.69, 9.17) is 4.74 Å². The molecule has 7 heteroatoms. The second-order valence-corrected chi connectivity index (χ2v) is 6.83. The monoisotopic (exact) mass is 334 g/mol. The molecule has 1 fully saturated rings. The number of rotatable bonds is 5. The highest BCUT2D eigenvalue weighted by atomic mass is 32.1. The molecular formula is C16H22N4O2S. The van der Waals surface area contributed by atoms with Crippen molar-refractivity contribution in [1.82, 2.24) is 20.1 Å². The number of amides is 1. The Morgan fingerprint density at radius 2 is 2.43 bits per heavy atom. The summed E-state index contributed by atoms with van der Waals surface area (Å²) in [5.74, 6) is -0.00122. The number of carbonyl (C=O) groups is 1. The molecule has 2 atom stereocenters. The highest BCUT2D eigenvalue weighted by Crippen LogP contribution is 2.28. The van der Waals surface area contributed by atoms with E-state index >= 15 is 0 Å². The van der Waals surface area contributed by atoms with Gasteiger partial charge in [0.25, 0.3) is 0 Å². The van der Waals surface area contributed by atoms with Crippen LogP contribution >= 0.6 is 11.3 Å². The summed E-state index contributed by atoms with van der Waals surface area (Å²) in [6.45, 7) is 5.54. The minimum atomic E-state index is -0.120. The summed E-state index contributed by atoms with van der Waals surface area (Å²) in [5.41, 5.74) is 1.86. The van der Waals surface area contributed by atoms with Gasteiger partial charge in [-0.05, 0) is 26.7 Å². The van der Waals surface area contributed by atoms with Crippen LogP contribution in [0.4, 0.5) is 0 Å². The Morgan fingerprint density at radius 3 is 3.13 bits per heavy atom. The first kappa shape index (κ1) is 16.1. The normalized spacial score (nSPS) is 21.3. The van der Waals surface area contributed by atoms with Crippen LogP contribution in [-0.4, -0.2) is 33.3 Å². The van der Waals surface area contributed by atoms with Crippen molar-refractivity contribution in [3.8, 4) is 0 Å². The number of nitrogens with one attached hydrogen (secondary N) is 1. The van der Waals surface area contributed by atoms with E-state index in [0.29, 0.717) is 6.42 Å². The lowest BCUT2D eigenvalue weighted by Crippen LogP contribution is -2.43. The molecule has 0 spiro atoms. The Morgan fingerprint density at radius 1 is 1.57 bits per heavy atom. The average Bonchev–Trinajstić information content (AvgIpc) is 3.17. The maximum Gasteiger partial charge on any atom is 0.226 e. The Kier molecular flexibility index (Phi) is 5.07. The van der Waals surface area contributed by atoms with Crippen molar-refractivity contribution >= 4 is 17.2 Å². The van der Waals surface area contributed by atoms with E-state index in [1.165, 1.54) is 0 Å². The van der Waals surface area contributed by atoms with Gasteiger partial charge in [0.1, 0.15) is 6.10 Å². The Balaban J connectivity index is 1.65. The molecule has 0 unspecified atom stereocenters. The van der Waals surface area contributed by atoms with Crippen molar-refractivity contribution in [2.45, 2.75) is 51.8 Å². The highest BCUT2D eigenvalue weighted by molar-refractivity contribution is 7.09. The van der Waals surface area contributed by atoms with Crippen molar-refractivity contribution in [1.29, 1.82) is 0 Å². The number of nitrogens with zero attached hydrogens (tertiary/aromatic N) is 3. The molecule has 3 heterocycles. The molecule has 1 aliphatic rings. The van der Waals surface area contributed by atoms with Crippen LogP contribution in [0, 0.1) is 6.92 Å². The molecule has 1 N–H and O–H groups in total. The standard InChI is InChI=1S/C16H22N4O2S/c1-3-20-9-12(8-17-20)16-14(5-4-6-22-16)19-15(21)7-13-10-23-11(2)18-13/h8-10,14,16H,3-7H2,1-2H3,(H,19,21)/t14-,16+/m0/s1. The van der Waals surface area contributed by atoms with Crippen LogP contribution in [0.1, 0.15) is 42.1 Å². The molecule has 0 bridgehead atoms. The van der Waals surface area contributed by atoms with Crippen LogP contribution in [0.15, 0.2) is 17.8 Å². The fraction of sp³-hybridized carbons (Fsp3) is 0.562. The number of aryl methyl sites for hydroxylation is 2. The van der Waals surface area contributed by atoms with E-state index in [9.17, 15) is 4.79 Å². The van der Waals surface area contributed by atoms with Crippen LogP contribution < -0.4 is 5.32 Å². The minimum Gasteiger partial charge on any atom is -0.371 e. The van der Waals surface area contributed by atoms with E-state index in [1.807, 2.05) is 36.3 Å². The van der Waals surface area contributed by atoms with Gasteiger partial charge in [0.15, 0.2) is 0 Å². The quantitative estimate of drug-likeness (QED) is 0.910. The SMILES string of the molecule is CCn1cc([C@H]2OCCC[C@@H]2NC(=O)Cc2csc(C)n2)cn1. The van der Waals surface area contributed by atoms with Crippen LogP contribution in [0.2, 0.25) is 0 Å². The van der Waals surface area contributed by atoms with Gasteiger partial charge in [-0.3, -0.25) is 9.48 Å². The van der Waals surface area contributed by atoms with Crippen LogP contribution in [-0.2, 0) is 22.5 Å². The van der Waals surface area contributed by atoms with Gasteiger partial charge in [-0.25, -0.2) is 4.98 Å². The summed E-state index contributed by atoms with van der Waals surface area (Å²) in [7, 11) is 0. The number of hydrogen-bond donors (Lipinski definition) is 1. The molecule has 1 amide bonds. The molecule has 0 aliphatic carbocycles. The molecule has 23 heavy (non-hydrogen) atoms. The average molecular weight is 334 g/mol. The molecule has 0 aromatic carbocycles. The second kappa shape index (κ2) is 7.23. The molecule has 6 nitrogen and oxygen atoms in total. The maximum atomic E-state index is 12.3. The zero-order valence-electron chi connectivity index (χ0n) is 13.5. The molecular weight excluding hydrogens is 312 g/mol.